The second kappa shape index (κ2) is 11.3. The van der Waals surface area contributed by atoms with Crippen LogP contribution in [0.4, 0.5) is 24.5 Å². The molecule has 0 spiro atoms. The first kappa shape index (κ1) is 30.6. The number of fused-ring (bicyclic) bond motifs is 1. The molecule has 3 aliphatic rings. The molecule has 1 saturated heterocycles. The number of hydrogen-bond donors (Lipinski definition) is 3. The predicted octanol–water partition coefficient (Wildman–Crippen LogP) is 4.39. The number of nitrogens with one attached hydrogen (secondary N) is 2. The zero-order valence-electron chi connectivity index (χ0n) is 24.5. The number of likely N-dealkylation sites (tertiary alicyclic amines) is 1. The van der Waals surface area contributed by atoms with Crippen LogP contribution in [-0.4, -0.2) is 63.5 Å². The molecule has 2 unspecified atom stereocenters. The van der Waals surface area contributed by atoms with Gasteiger partial charge in [0, 0.05) is 55.0 Å². The van der Waals surface area contributed by atoms with E-state index in [2.05, 4.69) is 29.5 Å². The van der Waals surface area contributed by atoms with E-state index < -0.39 is 47.3 Å². The lowest BCUT2D eigenvalue weighted by Gasteiger charge is -2.38. The molecule has 1 aromatic carbocycles. The van der Waals surface area contributed by atoms with Crippen molar-refractivity contribution in [1.29, 1.82) is 5.26 Å². The smallest absolute Gasteiger partial charge is 0.251 e. The van der Waals surface area contributed by atoms with Crippen molar-refractivity contribution >= 4 is 23.2 Å². The van der Waals surface area contributed by atoms with Gasteiger partial charge in [-0.15, -0.1) is 0 Å². The highest BCUT2D eigenvalue weighted by Crippen LogP contribution is 2.41. The Bertz CT molecular complexity index is 1430. The van der Waals surface area contributed by atoms with E-state index in [9.17, 15) is 33.1 Å². The highest BCUT2D eigenvalue weighted by Gasteiger charge is 2.47. The van der Waals surface area contributed by atoms with Gasteiger partial charge in [-0.1, -0.05) is 19.9 Å². The minimum Gasteiger partial charge on any atom is -0.388 e. The summed E-state index contributed by atoms with van der Waals surface area (Å²) in [7, 11) is 0. The number of anilines is 2. The van der Waals surface area contributed by atoms with E-state index in [4.69, 9.17) is 0 Å². The Morgan fingerprint density at radius 3 is 2.58 bits per heavy atom. The molecule has 0 radical (unpaired) electrons. The van der Waals surface area contributed by atoms with Crippen molar-refractivity contribution < 1.29 is 27.9 Å². The summed E-state index contributed by atoms with van der Waals surface area (Å²) in [6.45, 7) is 6.36. The quantitative estimate of drug-likeness (QED) is 0.422. The van der Waals surface area contributed by atoms with Gasteiger partial charge < -0.3 is 15.7 Å². The van der Waals surface area contributed by atoms with Gasteiger partial charge in [0.25, 0.3) is 5.91 Å². The highest BCUT2D eigenvalue weighted by atomic mass is 19.3. The van der Waals surface area contributed by atoms with Gasteiger partial charge in [-0.25, -0.2) is 13.2 Å². The van der Waals surface area contributed by atoms with Crippen molar-refractivity contribution in [2.45, 2.75) is 94.4 Å². The molecule has 1 saturated carbocycles. The van der Waals surface area contributed by atoms with Gasteiger partial charge >= 0.3 is 0 Å². The second-order valence-corrected chi connectivity index (χ2v) is 12.9. The van der Waals surface area contributed by atoms with Crippen molar-refractivity contribution in [3.8, 4) is 6.19 Å². The molecule has 2 fully saturated rings. The normalized spacial score (nSPS) is 25.2. The maximum atomic E-state index is 14.6. The van der Waals surface area contributed by atoms with Gasteiger partial charge in [0.2, 0.25) is 11.8 Å². The molecule has 3 N–H and O–H groups in total. The Balaban J connectivity index is 1.61. The van der Waals surface area contributed by atoms with E-state index in [0.717, 1.165) is 29.9 Å². The van der Waals surface area contributed by atoms with Crippen molar-refractivity contribution in [3.05, 3.63) is 53.6 Å². The molecule has 2 amide bonds. The first-order valence-corrected chi connectivity index (χ1v) is 14.6. The topological polar surface area (TPSA) is 122 Å². The number of rotatable bonds is 6. The minimum absolute atomic E-state index is 0.0480. The van der Waals surface area contributed by atoms with E-state index in [1.165, 1.54) is 22.9 Å². The molecule has 2 aliphatic heterocycles. The van der Waals surface area contributed by atoms with Crippen LogP contribution in [0.25, 0.3) is 0 Å². The van der Waals surface area contributed by atoms with Gasteiger partial charge in [-0.3, -0.25) is 24.4 Å². The van der Waals surface area contributed by atoms with E-state index in [0.29, 0.717) is 12.2 Å². The van der Waals surface area contributed by atoms with Gasteiger partial charge in [-0.2, -0.15) is 5.26 Å². The predicted molar refractivity (Wildman–Crippen MR) is 154 cm³/mol. The number of hydrogen-bond acceptors (Lipinski definition) is 7. The van der Waals surface area contributed by atoms with Crippen LogP contribution in [0.3, 0.4) is 0 Å². The highest BCUT2D eigenvalue weighted by molar-refractivity contribution is 6.04. The van der Waals surface area contributed by atoms with E-state index >= 15 is 0 Å². The van der Waals surface area contributed by atoms with Crippen molar-refractivity contribution in [1.82, 2.24) is 15.2 Å². The Morgan fingerprint density at radius 2 is 1.91 bits per heavy atom. The summed E-state index contributed by atoms with van der Waals surface area (Å²) in [5, 5.41) is 26.8. The number of nitrogens with zero attached hydrogens (tertiary/aromatic N) is 4. The van der Waals surface area contributed by atoms with Crippen LogP contribution in [0.1, 0.15) is 76.5 Å². The first-order valence-electron chi connectivity index (χ1n) is 14.6. The summed E-state index contributed by atoms with van der Waals surface area (Å²) in [5.41, 5.74) is 0.697. The number of alkyl halides is 2. The lowest BCUT2D eigenvalue weighted by Crippen LogP contribution is -2.52. The number of benzene rings is 1. The van der Waals surface area contributed by atoms with Crippen LogP contribution in [0.2, 0.25) is 0 Å². The van der Waals surface area contributed by atoms with Gasteiger partial charge in [0.05, 0.1) is 18.3 Å². The summed E-state index contributed by atoms with van der Waals surface area (Å²) < 4.78 is 42.3. The van der Waals surface area contributed by atoms with Crippen molar-refractivity contribution in [2.75, 3.05) is 23.3 Å². The molecule has 0 bridgehead atoms. The van der Waals surface area contributed by atoms with Crippen LogP contribution in [-0.2, 0) is 15.0 Å². The Hall–Kier alpha value is -3.85. The van der Waals surface area contributed by atoms with Crippen LogP contribution in [0.15, 0.2) is 36.7 Å². The molecular weight excluding hydrogens is 561 g/mol. The number of β-amino-alcohol motifs (C(OH)–C–C–N with tert-alkyl or cyclic N) is 1. The maximum Gasteiger partial charge on any atom is 0.251 e. The number of carbonyl (C=O) groups is 2. The largest absolute Gasteiger partial charge is 0.388 e. The summed E-state index contributed by atoms with van der Waals surface area (Å²) in [5.74, 6) is -4.86. The van der Waals surface area contributed by atoms with E-state index in [-0.39, 0.29) is 49.6 Å². The third-order valence-corrected chi connectivity index (χ3v) is 8.86. The first-order chi connectivity index (χ1) is 20.2. The summed E-state index contributed by atoms with van der Waals surface area (Å²) in [6.07, 6.45) is 4.39. The summed E-state index contributed by atoms with van der Waals surface area (Å²) >= 11 is 0. The summed E-state index contributed by atoms with van der Waals surface area (Å²) in [6, 6.07) is 3.34. The number of aliphatic hydroxyl groups is 1. The maximum absolute atomic E-state index is 14.6. The Morgan fingerprint density at radius 1 is 1.19 bits per heavy atom. The number of nitriles is 1. The van der Waals surface area contributed by atoms with Gasteiger partial charge in [0.1, 0.15) is 17.9 Å². The Kier molecular flexibility index (Phi) is 8.07. The number of halogens is 3. The molecule has 5 rings (SSSR count). The number of pyridine rings is 1. The van der Waals surface area contributed by atoms with Gasteiger partial charge in [-0.05, 0) is 55.4 Å². The number of aromatic nitrogens is 1. The fourth-order valence-corrected chi connectivity index (χ4v) is 6.48. The van der Waals surface area contributed by atoms with Crippen LogP contribution >= 0.6 is 0 Å². The standard InChI is InChI=1S/C31H37F3N6O3/c1-29(2)10-11-37-24-13-22(4-5-23(24)29)40(28(42)25-14-30(3,43)17-39(25)18-35)26(19-12-20(32)16-36-15-19)27(41)38-21-6-8-31(33,34)9-7-21/h4-5,12-13,15-16,21,25-26,37,43H,6-11,14,17H2,1-3H3,(H,38,41)/t25?,26?,30-/m1/s1. The van der Waals surface area contributed by atoms with Crippen molar-refractivity contribution in [2.24, 2.45) is 0 Å². The average Bonchev–Trinajstić information content (AvgIpc) is 3.26. The fourth-order valence-electron chi connectivity index (χ4n) is 6.48. The molecule has 12 heteroatoms. The molecule has 3 heterocycles. The van der Waals surface area contributed by atoms with Crippen LogP contribution in [0.5, 0.6) is 0 Å². The monoisotopic (exact) mass is 598 g/mol. The molecule has 2 aromatic rings. The minimum atomic E-state index is -2.81. The van der Waals surface area contributed by atoms with Gasteiger partial charge in [0.15, 0.2) is 6.19 Å². The molecule has 1 aliphatic carbocycles. The number of amides is 2. The third-order valence-electron chi connectivity index (χ3n) is 8.86. The number of carbonyl (C=O) groups excluding carboxylic acids is 2. The molecule has 3 atom stereocenters. The zero-order chi connectivity index (χ0) is 31.2. The fraction of sp³-hybridized carbons (Fsp3) is 0.548. The zero-order valence-corrected chi connectivity index (χ0v) is 24.5. The van der Waals surface area contributed by atoms with Crippen LogP contribution < -0.4 is 15.5 Å². The third kappa shape index (κ3) is 6.42. The molecule has 230 valence electrons. The van der Waals surface area contributed by atoms with E-state index in [1.807, 2.05) is 12.3 Å². The summed E-state index contributed by atoms with van der Waals surface area (Å²) in [4.78, 5) is 34.9. The lowest BCUT2D eigenvalue weighted by atomic mass is 9.78. The molecule has 9 nitrogen and oxygen atoms in total. The SMILES string of the molecule is CC1(C)CCNc2cc(N(C(=O)C3C[C@@](C)(O)CN3C#N)C(C(=O)NC3CCC(F)(F)CC3)c3cncc(F)c3)ccc21. The molecule has 1 aromatic heterocycles. The lowest BCUT2D eigenvalue weighted by molar-refractivity contribution is -0.129. The molecule has 43 heavy (non-hydrogen) atoms. The molecular formula is C31H37F3N6O3. The Labute approximate surface area is 249 Å². The average molecular weight is 599 g/mol. The van der Waals surface area contributed by atoms with Crippen LogP contribution in [0, 0.1) is 17.3 Å². The van der Waals surface area contributed by atoms with E-state index in [1.54, 1.807) is 12.1 Å². The second-order valence-electron chi connectivity index (χ2n) is 12.9. The van der Waals surface area contributed by atoms with Crippen molar-refractivity contribution in [3.63, 3.8) is 0 Å².